The van der Waals surface area contributed by atoms with Crippen molar-refractivity contribution < 1.29 is 10.2 Å². The second-order valence-corrected chi connectivity index (χ2v) is 8.45. The number of benzene rings is 1. The first-order valence-electron chi connectivity index (χ1n) is 11.6. The van der Waals surface area contributed by atoms with Crippen LogP contribution in [0.3, 0.4) is 0 Å². The molecule has 1 aromatic carbocycles. The molecule has 0 spiro atoms. The predicted molar refractivity (Wildman–Crippen MR) is 132 cm³/mol. The van der Waals surface area contributed by atoms with Gasteiger partial charge in [-0.25, -0.2) is 14.6 Å². The van der Waals surface area contributed by atoms with E-state index in [0.29, 0.717) is 29.5 Å². The van der Waals surface area contributed by atoms with Gasteiger partial charge in [-0.1, -0.05) is 24.3 Å². The third-order valence-electron chi connectivity index (χ3n) is 6.33. The first-order valence-corrected chi connectivity index (χ1v) is 11.6. The lowest BCUT2D eigenvalue weighted by atomic mass is 10.2. The maximum Gasteiger partial charge on any atom is 0.229 e. The molecule has 2 N–H and O–H groups in total. The number of fused-ring (bicyclic) bond motifs is 2. The number of imidazole rings is 1. The average molecular weight is 472 g/mol. The Balaban J connectivity index is 1.35. The van der Waals surface area contributed by atoms with E-state index in [4.69, 9.17) is 9.97 Å². The molecule has 0 unspecified atom stereocenters. The van der Waals surface area contributed by atoms with Gasteiger partial charge in [0.2, 0.25) is 5.95 Å². The molecule has 5 heterocycles. The van der Waals surface area contributed by atoms with Gasteiger partial charge in [-0.3, -0.25) is 0 Å². The Hall–Kier alpha value is -4.09. The Labute approximate surface area is 200 Å². The zero-order valence-corrected chi connectivity index (χ0v) is 19.1. The van der Waals surface area contributed by atoms with Crippen LogP contribution in [0.4, 0.5) is 11.8 Å². The van der Waals surface area contributed by atoms with Gasteiger partial charge in [0.05, 0.1) is 31.3 Å². The molecule has 0 saturated carbocycles. The molecule has 11 heteroatoms. The number of nitrogens with zero attached hydrogens (tertiary/aromatic N) is 9. The maximum absolute atomic E-state index is 9.54. The van der Waals surface area contributed by atoms with Gasteiger partial charge in [-0.05, 0) is 17.7 Å². The monoisotopic (exact) mass is 471 g/mol. The van der Waals surface area contributed by atoms with E-state index in [1.54, 1.807) is 12.5 Å². The van der Waals surface area contributed by atoms with Gasteiger partial charge in [0.15, 0.2) is 17.0 Å². The summed E-state index contributed by atoms with van der Waals surface area (Å²) in [5.74, 6) is 2.12. The standard InChI is InChI=1S/C24H25N9O2/c34-12-11-32-16-26-21-22(32)28-24(29-23(21)33-19-4-2-1-3-18(19)14-27-33)31-9-7-30(8-10-31)20-6-5-17(15-35)13-25-20/h1-6,13-14,16,34-35H,7-12,15H2. The fourth-order valence-corrected chi connectivity index (χ4v) is 4.45. The van der Waals surface area contributed by atoms with Crippen LogP contribution in [-0.2, 0) is 13.2 Å². The molecular weight excluding hydrogens is 446 g/mol. The Morgan fingerprint density at radius 1 is 0.857 bits per heavy atom. The van der Waals surface area contributed by atoms with Crippen LogP contribution in [-0.4, -0.2) is 77.3 Å². The van der Waals surface area contributed by atoms with Crippen molar-refractivity contribution >= 4 is 33.8 Å². The van der Waals surface area contributed by atoms with E-state index in [2.05, 4.69) is 24.9 Å². The lowest BCUT2D eigenvalue weighted by Crippen LogP contribution is -2.47. The highest BCUT2D eigenvalue weighted by atomic mass is 16.3. The molecule has 178 valence electrons. The zero-order chi connectivity index (χ0) is 23.8. The highest BCUT2D eigenvalue weighted by Crippen LogP contribution is 2.26. The van der Waals surface area contributed by atoms with Crippen molar-refractivity contribution in [2.45, 2.75) is 13.2 Å². The Bertz CT molecular complexity index is 1470. The van der Waals surface area contributed by atoms with Crippen LogP contribution in [0.25, 0.3) is 27.9 Å². The number of para-hydroxylation sites is 1. The van der Waals surface area contributed by atoms with Gasteiger partial charge >= 0.3 is 0 Å². The van der Waals surface area contributed by atoms with Crippen molar-refractivity contribution in [2.75, 3.05) is 42.6 Å². The Morgan fingerprint density at radius 3 is 2.46 bits per heavy atom. The molecule has 0 atom stereocenters. The van der Waals surface area contributed by atoms with E-state index < -0.39 is 0 Å². The number of aromatic nitrogens is 7. The molecule has 6 rings (SSSR count). The molecule has 1 fully saturated rings. The minimum atomic E-state index is -0.0123. The Morgan fingerprint density at radius 2 is 1.69 bits per heavy atom. The van der Waals surface area contributed by atoms with Crippen molar-refractivity contribution in [3.8, 4) is 5.82 Å². The summed E-state index contributed by atoms with van der Waals surface area (Å²) in [6.07, 6.45) is 5.22. The van der Waals surface area contributed by atoms with Gasteiger partial charge in [0, 0.05) is 44.3 Å². The molecule has 11 nitrogen and oxygen atoms in total. The molecule has 35 heavy (non-hydrogen) atoms. The fraction of sp³-hybridized carbons (Fsp3) is 0.292. The van der Waals surface area contributed by atoms with E-state index in [1.807, 2.05) is 51.8 Å². The van der Waals surface area contributed by atoms with Crippen LogP contribution in [0, 0.1) is 0 Å². The summed E-state index contributed by atoms with van der Waals surface area (Å²) >= 11 is 0. The molecule has 0 aliphatic carbocycles. The van der Waals surface area contributed by atoms with Crippen LogP contribution >= 0.6 is 0 Å². The van der Waals surface area contributed by atoms with Gasteiger partial charge in [-0.2, -0.15) is 15.1 Å². The van der Waals surface area contributed by atoms with Gasteiger partial charge in [-0.15, -0.1) is 0 Å². The lowest BCUT2D eigenvalue weighted by molar-refractivity contribution is 0.277. The van der Waals surface area contributed by atoms with Crippen LogP contribution in [0.5, 0.6) is 0 Å². The number of piperazine rings is 1. The topological polar surface area (TPSA) is 121 Å². The van der Waals surface area contributed by atoms with E-state index in [0.717, 1.165) is 48.5 Å². The second kappa shape index (κ2) is 8.93. The number of pyridine rings is 1. The SMILES string of the molecule is OCCn1cnc2c(-n3ncc4ccccc43)nc(N3CCN(c4ccc(CO)cn4)CC3)nc21. The predicted octanol–water partition coefficient (Wildman–Crippen LogP) is 1.37. The summed E-state index contributed by atoms with van der Waals surface area (Å²) in [6, 6.07) is 11.8. The maximum atomic E-state index is 9.54. The number of rotatable bonds is 6. The summed E-state index contributed by atoms with van der Waals surface area (Å²) in [6.45, 7) is 3.36. The second-order valence-electron chi connectivity index (χ2n) is 8.45. The van der Waals surface area contributed by atoms with Crippen molar-refractivity contribution in [3.05, 3.63) is 60.7 Å². The summed E-state index contributed by atoms with van der Waals surface area (Å²) in [5.41, 5.74) is 3.05. The lowest BCUT2D eigenvalue weighted by Gasteiger charge is -2.35. The molecule has 4 aromatic heterocycles. The molecular formula is C24H25N9O2. The quantitative estimate of drug-likeness (QED) is 0.378. The molecule has 5 aromatic rings. The third-order valence-corrected chi connectivity index (χ3v) is 6.33. The number of hydrogen-bond acceptors (Lipinski definition) is 9. The van der Waals surface area contributed by atoms with Gasteiger partial charge in [0.25, 0.3) is 0 Å². The van der Waals surface area contributed by atoms with Gasteiger partial charge in [0.1, 0.15) is 5.82 Å². The first kappa shape index (κ1) is 21.4. The van der Waals surface area contributed by atoms with E-state index in [1.165, 1.54) is 0 Å². The Kier molecular flexibility index (Phi) is 5.47. The van der Waals surface area contributed by atoms with Crippen molar-refractivity contribution in [1.82, 2.24) is 34.3 Å². The first-order chi connectivity index (χ1) is 17.2. The van der Waals surface area contributed by atoms with E-state index in [9.17, 15) is 10.2 Å². The molecule has 1 aliphatic rings. The number of aliphatic hydroxyl groups excluding tert-OH is 2. The molecule has 0 radical (unpaired) electrons. The minimum absolute atomic E-state index is 0.00836. The molecule has 0 bridgehead atoms. The summed E-state index contributed by atoms with van der Waals surface area (Å²) in [7, 11) is 0. The molecule has 1 saturated heterocycles. The van der Waals surface area contributed by atoms with Crippen LogP contribution in [0.15, 0.2) is 55.1 Å². The van der Waals surface area contributed by atoms with Crippen LogP contribution in [0.2, 0.25) is 0 Å². The number of hydrogen-bond donors (Lipinski definition) is 2. The summed E-state index contributed by atoms with van der Waals surface area (Å²) < 4.78 is 3.65. The number of anilines is 2. The normalized spacial score (nSPS) is 14.3. The van der Waals surface area contributed by atoms with Crippen molar-refractivity contribution in [2.24, 2.45) is 0 Å². The highest BCUT2D eigenvalue weighted by Gasteiger charge is 2.24. The van der Waals surface area contributed by atoms with Crippen LogP contribution < -0.4 is 9.80 Å². The largest absolute Gasteiger partial charge is 0.395 e. The minimum Gasteiger partial charge on any atom is -0.395 e. The van der Waals surface area contributed by atoms with Crippen molar-refractivity contribution in [3.63, 3.8) is 0 Å². The smallest absolute Gasteiger partial charge is 0.229 e. The molecule has 1 aliphatic heterocycles. The highest BCUT2D eigenvalue weighted by molar-refractivity contribution is 5.85. The summed E-state index contributed by atoms with van der Waals surface area (Å²) in [4.78, 5) is 23.2. The van der Waals surface area contributed by atoms with Gasteiger partial charge < -0.3 is 24.6 Å². The average Bonchev–Trinajstić information content (AvgIpc) is 3.53. The van der Waals surface area contributed by atoms with E-state index >= 15 is 0 Å². The van der Waals surface area contributed by atoms with Crippen LogP contribution in [0.1, 0.15) is 5.56 Å². The fourth-order valence-electron chi connectivity index (χ4n) is 4.45. The third kappa shape index (κ3) is 3.84. The number of aliphatic hydroxyl groups is 2. The zero-order valence-electron chi connectivity index (χ0n) is 19.1. The summed E-state index contributed by atoms with van der Waals surface area (Å²) in [5, 5.41) is 24.4. The van der Waals surface area contributed by atoms with E-state index in [-0.39, 0.29) is 13.2 Å². The molecule has 0 amide bonds. The van der Waals surface area contributed by atoms with Crippen molar-refractivity contribution in [1.29, 1.82) is 0 Å².